The van der Waals surface area contributed by atoms with E-state index in [9.17, 15) is 4.79 Å². The first-order valence-corrected chi connectivity index (χ1v) is 11.3. The van der Waals surface area contributed by atoms with Gasteiger partial charge in [0, 0.05) is 16.8 Å². The summed E-state index contributed by atoms with van der Waals surface area (Å²) in [6, 6.07) is 26.6. The fraction of sp³-hybridized carbons (Fsp3) is 0.296. The molecule has 3 aromatic rings. The summed E-state index contributed by atoms with van der Waals surface area (Å²) in [4.78, 5) is 12.5. The number of nitrogens with zero attached hydrogens (tertiary/aromatic N) is 1. The van der Waals surface area contributed by atoms with Crippen molar-refractivity contribution in [2.45, 2.75) is 32.4 Å². The summed E-state index contributed by atoms with van der Waals surface area (Å²) in [6.45, 7) is 4.56. The monoisotopic (exact) mass is 412 g/mol. The van der Waals surface area contributed by atoms with Gasteiger partial charge in [0.25, 0.3) is 0 Å². The molecular formula is C27H30N3O+. The van der Waals surface area contributed by atoms with Gasteiger partial charge in [-0.1, -0.05) is 60.7 Å². The second kappa shape index (κ2) is 8.56. The normalized spacial score (nSPS) is 22.1. The Morgan fingerprint density at radius 2 is 1.52 bits per heavy atom. The summed E-state index contributed by atoms with van der Waals surface area (Å²) in [6.07, 6.45) is 3.75. The molecule has 2 heterocycles. The lowest BCUT2D eigenvalue weighted by Gasteiger charge is -2.40. The van der Waals surface area contributed by atoms with E-state index in [0.29, 0.717) is 0 Å². The molecule has 2 aliphatic rings. The molecule has 2 amide bonds. The van der Waals surface area contributed by atoms with Crippen molar-refractivity contribution in [1.29, 1.82) is 0 Å². The van der Waals surface area contributed by atoms with Crippen LogP contribution in [0.3, 0.4) is 0 Å². The van der Waals surface area contributed by atoms with Crippen LogP contribution in [0.1, 0.15) is 29.5 Å². The number of nitrogens with one attached hydrogen (secondary N) is 2. The van der Waals surface area contributed by atoms with Crippen molar-refractivity contribution < 1.29 is 9.28 Å². The van der Waals surface area contributed by atoms with Gasteiger partial charge >= 0.3 is 6.03 Å². The SMILES string of the molecule is O=C(Nc1ccccc1)Nc1cccc2c1C[N+]1(CCC(Cc3ccccc3)CC1)C2. The molecule has 4 nitrogen and oxygen atoms in total. The van der Waals surface area contributed by atoms with Gasteiger partial charge < -0.3 is 15.1 Å². The van der Waals surface area contributed by atoms with Crippen LogP contribution in [0.2, 0.25) is 0 Å². The number of rotatable bonds is 4. The molecule has 0 unspecified atom stereocenters. The van der Waals surface area contributed by atoms with Crippen LogP contribution in [0.15, 0.2) is 78.9 Å². The molecule has 0 bridgehead atoms. The van der Waals surface area contributed by atoms with Crippen LogP contribution in [0.5, 0.6) is 0 Å². The largest absolute Gasteiger partial charge is 0.323 e. The Balaban J connectivity index is 1.22. The van der Waals surface area contributed by atoms with Crippen LogP contribution in [-0.4, -0.2) is 23.6 Å². The van der Waals surface area contributed by atoms with E-state index >= 15 is 0 Å². The van der Waals surface area contributed by atoms with Crippen LogP contribution < -0.4 is 10.6 Å². The van der Waals surface area contributed by atoms with E-state index < -0.39 is 0 Å². The van der Waals surface area contributed by atoms with E-state index in [1.807, 2.05) is 36.4 Å². The molecule has 0 radical (unpaired) electrons. The van der Waals surface area contributed by atoms with Gasteiger partial charge in [-0.15, -0.1) is 0 Å². The van der Waals surface area contributed by atoms with E-state index in [0.717, 1.165) is 34.9 Å². The Bertz CT molecular complexity index is 1040. The van der Waals surface area contributed by atoms with Crippen molar-refractivity contribution >= 4 is 17.4 Å². The zero-order valence-electron chi connectivity index (χ0n) is 17.9. The van der Waals surface area contributed by atoms with Crippen LogP contribution in [-0.2, 0) is 19.5 Å². The van der Waals surface area contributed by atoms with Crippen molar-refractivity contribution in [2.75, 3.05) is 23.7 Å². The predicted octanol–water partition coefficient (Wildman–Crippen LogP) is 5.81. The number of hydrogen-bond donors (Lipinski definition) is 2. The van der Waals surface area contributed by atoms with Gasteiger partial charge in [-0.3, -0.25) is 0 Å². The van der Waals surface area contributed by atoms with Gasteiger partial charge in [0.1, 0.15) is 13.1 Å². The molecule has 1 fully saturated rings. The number of hydrogen-bond acceptors (Lipinski definition) is 1. The second-order valence-corrected chi connectivity index (χ2v) is 9.13. The van der Waals surface area contributed by atoms with E-state index in [1.54, 1.807) is 0 Å². The topological polar surface area (TPSA) is 41.1 Å². The van der Waals surface area contributed by atoms with Crippen molar-refractivity contribution in [3.63, 3.8) is 0 Å². The van der Waals surface area contributed by atoms with E-state index in [2.05, 4.69) is 53.1 Å². The minimum Gasteiger partial charge on any atom is -0.316 e. The summed E-state index contributed by atoms with van der Waals surface area (Å²) in [5.74, 6) is 0.782. The van der Waals surface area contributed by atoms with E-state index in [4.69, 9.17) is 0 Å². The van der Waals surface area contributed by atoms with Gasteiger partial charge in [0.05, 0.1) is 18.8 Å². The van der Waals surface area contributed by atoms with E-state index in [-0.39, 0.29) is 6.03 Å². The minimum absolute atomic E-state index is 0.181. The second-order valence-electron chi connectivity index (χ2n) is 9.13. The lowest BCUT2D eigenvalue weighted by Crippen LogP contribution is -2.49. The molecule has 0 aromatic heterocycles. The molecule has 31 heavy (non-hydrogen) atoms. The Kier molecular flexibility index (Phi) is 5.47. The highest BCUT2D eigenvalue weighted by molar-refractivity contribution is 6.00. The smallest absolute Gasteiger partial charge is 0.316 e. The number of benzene rings is 3. The number of quaternary nitrogens is 1. The molecule has 3 aromatic carbocycles. The Hall–Kier alpha value is -3.11. The Labute approximate surface area is 184 Å². The van der Waals surface area contributed by atoms with Crippen LogP contribution in [0, 0.1) is 5.92 Å². The molecule has 158 valence electrons. The average Bonchev–Trinajstić information content (AvgIpc) is 3.16. The third kappa shape index (κ3) is 4.49. The average molecular weight is 413 g/mol. The molecule has 0 saturated carbocycles. The third-order valence-corrected chi connectivity index (χ3v) is 6.94. The minimum atomic E-state index is -0.181. The highest BCUT2D eigenvalue weighted by Gasteiger charge is 2.40. The highest BCUT2D eigenvalue weighted by atomic mass is 16.2. The van der Waals surface area contributed by atoms with Crippen LogP contribution >= 0.6 is 0 Å². The Morgan fingerprint density at radius 1 is 0.806 bits per heavy atom. The number of anilines is 2. The first kappa shape index (κ1) is 19.8. The molecule has 4 heteroatoms. The number of carbonyl (C=O) groups excluding carboxylic acids is 1. The highest BCUT2D eigenvalue weighted by Crippen LogP contribution is 2.39. The maximum atomic E-state index is 12.5. The molecule has 5 rings (SSSR count). The molecule has 1 saturated heterocycles. The fourth-order valence-electron chi connectivity index (χ4n) is 5.28. The summed E-state index contributed by atoms with van der Waals surface area (Å²) in [5.41, 5.74) is 5.91. The third-order valence-electron chi connectivity index (χ3n) is 6.94. The van der Waals surface area contributed by atoms with Crippen LogP contribution in [0.4, 0.5) is 16.2 Å². The number of fused-ring (bicyclic) bond motifs is 1. The van der Waals surface area contributed by atoms with Crippen LogP contribution in [0.25, 0.3) is 0 Å². The van der Waals surface area contributed by atoms with Gasteiger partial charge in [0.15, 0.2) is 0 Å². The summed E-state index contributed by atoms with van der Waals surface area (Å²) in [5, 5.41) is 6.02. The molecular weight excluding hydrogens is 382 g/mol. The molecule has 2 aliphatic heterocycles. The molecule has 0 atom stereocenters. The van der Waals surface area contributed by atoms with Gasteiger partial charge in [-0.25, -0.2) is 4.79 Å². The lowest BCUT2D eigenvalue weighted by molar-refractivity contribution is -0.952. The van der Waals surface area contributed by atoms with E-state index in [1.165, 1.54) is 49.0 Å². The number of piperidine rings is 1. The van der Waals surface area contributed by atoms with Crippen molar-refractivity contribution in [2.24, 2.45) is 5.92 Å². The zero-order chi connectivity index (χ0) is 21.1. The number of amides is 2. The number of urea groups is 1. The zero-order valence-corrected chi connectivity index (χ0v) is 17.9. The first-order valence-electron chi connectivity index (χ1n) is 11.3. The molecule has 2 N–H and O–H groups in total. The standard InChI is InChI=1S/C27H29N3O/c31-27(28-24-11-5-2-6-12-24)29-26-13-7-10-23-19-30(20-25(23)26)16-14-22(15-17-30)18-21-8-3-1-4-9-21/h1-13,22H,14-20H2,(H-,28,29,31)/p+1. The Morgan fingerprint density at radius 3 is 2.26 bits per heavy atom. The summed E-state index contributed by atoms with van der Waals surface area (Å²) < 4.78 is 1.14. The molecule has 0 aliphatic carbocycles. The molecule has 1 spiro atoms. The quantitative estimate of drug-likeness (QED) is 0.521. The maximum Gasteiger partial charge on any atom is 0.323 e. The van der Waals surface area contributed by atoms with Gasteiger partial charge in [0.2, 0.25) is 0 Å². The summed E-state index contributed by atoms with van der Waals surface area (Å²) >= 11 is 0. The maximum absolute atomic E-state index is 12.5. The van der Waals surface area contributed by atoms with Gasteiger partial charge in [-0.05, 0) is 48.9 Å². The van der Waals surface area contributed by atoms with Gasteiger partial charge in [-0.2, -0.15) is 0 Å². The number of para-hydroxylation sites is 1. The predicted molar refractivity (Wildman–Crippen MR) is 126 cm³/mol. The summed E-state index contributed by atoms with van der Waals surface area (Å²) in [7, 11) is 0. The first-order chi connectivity index (χ1) is 15.2. The van der Waals surface area contributed by atoms with Crippen molar-refractivity contribution in [3.8, 4) is 0 Å². The van der Waals surface area contributed by atoms with Crippen molar-refractivity contribution in [3.05, 3.63) is 95.6 Å². The lowest BCUT2D eigenvalue weighted by atomic mass is 9.89. The fourth-order valence-corrected chi connectivity index (χ4v) is 5.28. The number of carbonyl (C=O) groups is 1. The van der Waals surface area contributed by atoms with Crippen molar-refractivity contribution in [1.82, 2.24) is 0 Å².